The Morgan fingerprint density at radius 3 is 2.72 bits per heavy atom. The second-order valence-electron chi connectivity index (χ2n) is 4.09. The molecule has 0 spiro atoms. The first-order valence-corrected chi connectivity index (χ1v) is 6.28. The van der Waals surface area contributed by atoms with Crippen LogP contribution in [0.2, 0.25) is 0 Å². The number of nitrogens with one attached hydrogen (secondary N) is 1. The zero-order chi connectivity index (χ0) is 13.3. The lowest BCUT2D eigenvalue weighted by atomic mass is 10.1. The highest BCUT2D eigenvalue weighted by Gasteiger charge is 2.17. The lowest BCUT2D eigenvalue weighted by molar-refractivity contribution is 0.392. The first-order valence-electron chi connectivity index (χ1n) is 5.49. The standard InChI is InChI=1S/C12H13BrFN3O/c1-6(11-7(2)17-18-8(11)3)16-12-10(14)4-9(13)5-15-12/h4-6H,1-3H3,(H,15,16). The largest absolute Gasteiger partial charge is 0.361 e. The van der Waals surface area contributed by atoms with Crippen LogP contribution in [0.15, 0.2) is 21.3 Å². The van der Waals surface area contributed by atoms with Crippen molar-refractivity contribution in [2.45, 2.75) is 26.8 Å². The molecule has 0 saturated heterocycles. The molecule has 96 valence electrons. The minimum absolute atomic E-state index is 0.126. The van der Waals surface area contributed by atoms with Gasteiger partial charge in [0.25, 0.3) is 0 Å². The summed E-state index contributed by atoms with van der Waals surface area (Å²) < 4.78 is 19.4. The summed E-state index contributed by atoms with van der Waals surface area (Å²) in [4.78, 5) is 4.00. The highest BCUT2D eigenvalue weighted by Crippen LogP contribution is 2.25. The van der Waals surface area contributed by atoms with Crippen molar-refractivity contribution in [2.24, 2.45) is 0 Å². The molecule has 6 heteroatoms. The smallest absolute Gasteiger partial charge is 0.166 e. The van der Waals surface area contributed by atoms with Crippen LogP contribution in [0.25, 0.3) is 0 Å². The fraction of sp³-hybridized carbons (Fsp3) is 0.333. The molecule has 0 aromatic carbocycles. The SMILES string of the molecule is Cc1noc(C)c1C(C)Nc1ncc(Br)cc1F. The zero-order valence-electron chi connectivity index (χ0n) is 10.3. The van der Waals surface area contributed by atoms with Crippen LogP contribution >= 0.6 is 15.9 Å². The van der Waals surface area contributed by atoms with Gasteiger partial charge in [-0.25, -0.2) is 9.37 Å². The number of hydrogen-bond donors (Lipinski definition) is 1. The summed E-state index contributed by atoms with van der Waals surface area (Å²) in [6, 6.07) is 1.24. The van der Waals surface area contributed by atoms with Crippen molar-refractivity contribution in [3.8, 4) is 0 Å². The third-order valence-electron chi connectivity index (χ3n) is 2.68. The Balaban J connectivity index is 2.24. The predicted molar refractivity (Wildman–Crippen MR) is 69.9 cm³/mol. The maximum atomic E-state index is 13.7. The van der Waals surface area contributed by atoms with Gasteiger partial charge in [0.15, 0.2) is 11.6 Å². The number of anilines is 1. The Kier molecular flexibility index (Phi) is 3.65. The van der Waals surface area contributed by atoms with Gasteiger partial charge in [0.1, 0.15) is 5.76 Å². The number of halogens is 2. The van der Waals surface area contributed by atoms with Crippen LogP contribution in [0, 0.1) is 19.7 Å². The van der Waals surface area contributed by atoms with Crippen molar-refractivity contribution in [1.29, 1.82) is 0 Å². The maximum Gasteiger partial charge on any atom is 0.166 e. The maximum absolute atomic E-state index is 13.7. The monoisotopic (exact) mass is 313 g/mol. The second kappa shape index (κ2) is 5.06. The Hall–Kier alpha value is -1.43. The number of aromatic nitrogens is 2. The number of aryl methyl sites for hydroxylation is 2. The zero-order valence-corrected chi connectivity index (χ0v) is 11.9. The number of nitrogens with zero attached hydrogens (tertiary/aromatic N) is 2. The van der Waals surface area contributed by atoms with Gasteiger partial charge in [-0.2, -0.15) is 0 Å². The van der Waals surface area contributed by atoms with E-state index in [-0.39, 0.29) is 11.9 Å². The van der Waals surface area contributed by atoms with Gasteiger partial charge in [0, 0.05) is 16.2 Å². The van der Waals surface area contributed by atoms with Crippen LogP contribution in [-0.2, 0) is 0 Å². The number of pyridine rings is 1. The van der Waals surface area contributed by atoms with Gasteiger partial charge in [-0.15, -0.1) is 0 Å². The van der Waals surface area contributed by atoms with Gasteiger partial charge in [-0.1, -0.05) is 5.16 Å². The molecule has 0 amide bonds. The predicted octanol–water partition coefficient (Wildman–Crippen LogP) is 3.76. The molecule has 2 aromatic heterocycles. The first-order chi connectivity index (χ1) is 8.49. The second-order valence-corrected chi connectivity index (χ2v) is 5.00. The van der Waals surface area contributed by atoms with E-state index in [0.717, 1.165) is 17.0 Å². The number of rotatable bonds is 3. The van der Waals surface area contributed by atoms with E-state index in [9.17, 15) is 4.39 Å². The van der Waals surface area contributed by atoms with Gasteiger partial charge in [-0.3, -0.25) is 0 Å². The van der Waals surface area contributed by atoms with Crippen LogP contribution in [-0.4, -0.2) is 10.1 Å². The molecular formula is C12H13BrFN3O. The van der Waals surface area contributed by atoms with Gasteiger partial charge >= 0.3 is 0 Å². The van der Waals surface area contributed by atoms with Crippen molar-refractivity contribution in [3.63, 3.8) is 0 Å². The lowest BCUT2D eigenvalue weighted by Gasteiger charge is -2.14. The summed E-state index contributed by atoms with van der Waals surface area (Å²) in [5.41, 5.74) is 1.73. The van der Waals surface area contributed by atoms with Crippen LogP contribution < -0.4 is 5.32 Å². The van der Waals surface area contributed by atoms with Crippen molar-refractivity contribution >= 4 is 21.7 Å². The van der Waals surface area contributed by atoms with Gasteiger partial charge in [-0.05, 0) is 42.8 Å². The molecule has 1 unspecified atom stereocenters. The van der Waals surface area contributed by atoms with E-state index in [1.54, 1.807) is 6.20 Å². The lowest BCUT2D eigenvalue weighted by Crippen LogP contribution is -2.10. The van der Waals surface area contributed by atoms with Crippen molar-refractivity contribution < 1.29 is 8.91 Å². The van der Waals surface area contributed by atoms with Crippen LogP contribution in [0.1, 0.15) is 30.0 Å². The summed E-state index contributed by atoms with van der Waals surface area (Å²) in [6.07, 6.45) is 1.55. The van der Waals surface area contributed by atoms with Crippen LogP contribution in [0.5, 0.6) is 0 Å². The first kappa shape index (κ1) is 13.0. The van der Waals surface area contributed by atoms with E-state index in [4.69, 9.17) is 4.52 Å². The molecule has 0 bridgehead atoms. The van der Waals surface area contributed by atoms with Gasteiger partial charge in [0.2, 0.25) is 0 Å². The molecular weight excluding hydrogens is 301 g/mol. The number of hydrogen-bond acceptors (Lipinski definition) is 4. The molecule has 0 aliphatic rings. The van der Waals surface area contributed by atoms with Gasteiger partial charge < -0.3 is 9.84 Å². The molecule has 1 atom stereocenters. The fourth-order valence-electron chi connectivity index (χ4n) is 1.91. The molecule has 2 heterocycles. The highest BCUT2D eigenvalue weighted by atomic mass is 79.9. The van der Waals surface area contributed by atoms with E-state index in [2.05, 4.69) is 31.4 Å². The average molecular weight is 314 g/mol. The molecule has 0 aliphatic heterocycles. The van der Waals surface area contributed by atoms with E-state index in [1.807, 2.05) is 20.8 Å². The topological polar surface area (TPSA) is 51.0 Å². The normalized spacial score (nSPS) is 12.5. The summed E-state index contributed by atoms with van der Waals surface area (Å²) in [5.74, 6) is 0.540. The van der Waals surface area contributed by atoms with E-state index in [0.29, 0.717) is 4.47 Å². The molecule has 0 aliphatic carbocycles. The molecule has 2 rings (SSSR count). The van der Waals surface area contributed by atoms with E-state index < -0.39 is 5.82 Å². The summed E-state index contributed by atoms with van der Waals surface area (Å²) >= 11 is 3.17. The average Bonchev–Trinajstić information content (AvgIpc) is 2.62. The minimum Gasteiger partial charge on any atom is -0.361 e. The van der Waals surface area contributed by atoms with Crippen molar-refractivity contribution in [3.05, 3.63) is 39.6 Å². The highest BCUT2D eigenvalue weighted by molar-refractivity contribution is 9.10. The van der Waals surface area contributed by atoms with Crippen molar-refractivity contribution in [2.75, 3.05) is 5.32 Å². The summed E-state index contributed by atoms with van der Waals surface area (Å²) in [7, 11) is 0. The van der Waals surface area contributed by atoms with E-state index in [1.165, 1.54) is 6.07 Å². The van der Waals surface area contributed by atoms with Gasteiger partial charge in [0.05, 0.1) is 11.7 Å². The molecule has 0 radical (unpaired) electrons. The summed E-state index contributed by atoms with van der Waals surface area (Å²) in [5, 5.41) is 6.89. The Bertz CT molecular complexity index is 551. The molecule has 0 fully saturated rings. The third kappa shape index (κ3) is 2.53. The quantitative estimate of drug-likeness (QED) is 0.937. The molecule has 0 saturated carbocycles. The Labute approximate surface area is 113 Å². The fourth-order valence-corrected chi connectivity index (χ4v) is 2.21. The third-order valence-corrected chi connectivity index (χ3v) is 3.12. The van der Waals surface area contributed by atoms with Crippen LogP contribution in [0.3, 0.4) is 0 Å². The minimum atomic E-state index is -0.400. The molecule has 2 aromatic rings. The Morgan fingerprint density at radius 1 is 1.44 bits per heavy atom. The van der Waals surface area contributed by atoms with E-state index >= 15 is 0 Å². The molecule has 18 heavy (non-hydrogen) atoms. The molecule has 1 N–H and O–H groups in total. The van der Waals surface area contributed by atoms with Crippen molar-refractivity contribution in [1.82, 2.24) is 10.1 Å². The summed E-state index contributed by atoms with van der Waals surface area (Å²) in [6.45, 7) is 5.60. The Morgan fingerprint density at radius 2 is 2.17 bits per heavy atom. The molecule has 4 nitrogen and oxygen atoms in total. The van der Waals surface area contributed by atoms with Crippen LogP contribution in [0.4, 0.5) is 10.2 Å².